The molecule has 0 aliphatic heterocycles. The lowest BCUT2D eigenvalue weighted by Gasteiger charge is -1.99. The van der Waals surface area contributed by atoms with Crippen LogP contribution in [0.25, 0.3) is 5.65 Å². The van der Waals surface area contributed by atoms with Gasteiger partial charge in [-0.25, -0.2) is 9.50 Å². The molecule has 2 aromatic heterocycles. The van der Waals surface area contributed by atoms with Gasteiger partial charge in [-0.1, -0.05) is 0 Å². The molecule has 2 aromatic rings. The number of aromatic amines is 1. The summed E-state index contributed by atoms with van der Waals surface area (Å²) >= 11 is 0. The lowest BCUT2D eigenvalue weighted by molar-refractivity contribution is 0.859. The van der Waals surface area contributed by atoms with Gasteiger partial charge >= 0.3 is 0 Å². The van der Waals surface area contributed by atoms with Crippen LogP contribution in [0.3, 0.4) is 0 Å². The molecule has 0 aromatic carbocycles. The highest BCUT2D eigenvalue weighted by atomic mass is 16.1. The minimum absolute atomic E-state index is 0.0105. The number of nitrogens with zero attached hydrogens (tertiary/aromatic N) is 2. The molecule has 0 unspecified atom stereocenters. The van der Waals surface area contributed by atoms with E-state index in [0.717, 1.165) is 22.6 Å². The summed E-state index contributed by atoms with van der Waals surface area (Å²) in [6, 6.07) is 0. The molecular formula is C10H13N3O. The zero-order chi connectivity index (χ0) is 10.5. The maximum Gasteiger partial charge on any atom is 0.275 e. The average Bonchev–Trinajstić information content (AvgIpc) is 2.42. The van der Waals surface area contributed by atoms with E-state index in [1.54, 1.807) is 6.92 Å². The normalized spacial score (nSPS) is 11.1. The van der Waals surface area contributed by atoms with E-state index in [9.17, 15) is 4.79 Å². The number of aromatic nitrogens is 3. The number of H-pyrrole nitrogens is 1. The molecule has 0 saturated heterocycles. The Hall–Kier alpha value is -1.58. The molecule has 1 N–H and O–H groups in total. The molecular weight excluding hydrogens is 178 g/mol. The SMILES string of the molecule is Cc1nc2c(C)c(C)[nH]n2c(=O)c1C. The van der Waals surface area contributed by atoms with Gasteiger partial charge in [-0.3, -0.25) is 9.89 Å². The zero-order valence-electron chi connectivity index (χ0n) is 8.80. The number of hydrogen-bond acceptors (Lipinski definition) is 2. The summed E-state index contributed by atoms with van der Waals surface area (Å²) in [7, 11) is 0. The molecule has 0 aliphatic rings. The van der Waals surface area contributed by atoms with Crippen LogP contribution in [0.4, 0.5) is 0 Å². The van der Waals surface area contributed by atoms with E-state index in [1.165, 1.54) is 4.52 Å². The Bertz CT molecular complexity index is 563. The molecule has 2 heterocycles. The van der Waals surface area contributed by atoms with Gasteiger partial charge in [0.25, 0.3) is 5.56 Å². The zero-order valence-corrected chi connectivity index (χ0v) is 8.80. The van der Waals surface area contributed by atoms with Crippen molar-refractivity contribution >= 4 is 5.65 Å². The largest absolute Gasteiger partial charge is 0.294 e. The summed E-state index contributed by atoms with van der Waals surface area (Å²) in [5.41, 5.74) is 4.24. The second-order valence-electron chi connectivity index (χ2n) is 3.65. The fraction of sp³-hybridized carbons (Fsp3) is 0.400. The van der Waals surface area contributed by atoms with Crippen LogP contribution in [0, 0.1) is 27.7 Å². The highest BCUT2D eigenvalue weighted by Crippen LogP contribution is 2.10. The molecule has 0 atom stereocenters. The molecule has 0 amide bonds. The van der Waals surface area contributed by atoms with Crippen LogP contribution in [0.2, 0.25) is 0 Å². The molecule has 0 radical (unpaired) electrons. The average molecular weight is 191 g/mol. The molecule has 4 nitrogen and oxygen atoms in total. The van der Waals surface area contributed by atoms with Crippen molar-refractivity contribution in [1.82, 2.24) is 14.6 Å². The molecule has 0 saturated carbocycles. The van der Waals surface area contributed by atoms with Crippen molar-refractivity contribution in [2.75, 3.05) is 0 Å². The van der Waals surface area contributed by atoms with E-state index in [4.69, 9.17) is 0 Å². The van der Waals surface area contributed by atoms with Gasteiger partial charge in [-0.15, -0.1) is 0 Å². The third kappa shape index (κ3) is 0.999. The fourth-order valence-corrected chi connectivity index (χ4v) is 1.49. The second-order valence-corrected chi connectivity index (χ2v) is 3.65. The van der Waals surface area contributed by atoms with Crippen LogP contribution >= 0.6 is 0 Å². The van der Waals surface area contributed by atoms with Crippen LogP contribution in [0.15, 0.2) is 4.79 Å². The highest BCUT2D eigenvalue weighted by Gasteiger charge is 2.10. The molecule has 14 heavy (non-hydrogen) atoms. The van der Waals surface area contributed by atoms with E-state index in [-0.39, 0.29) is 5.56 Å². The van der Waals surface area contributed by atoms with E-state index in [0.29, 0.717) is 5.56 Å². The number of rotatable bonds is 0. The molecule has 74 valence electrons. The van der Waals surface area contributed by atoms with Gasteiger partial charge in [0, 0.05) is 22.5 Å². The van der Waals surface area contributed by atoms with Crippen LogP contribution < -0.4 is 5.56 Å². The number of fused-ring (bicyclic) bond motifs is 1. The van der Waals surface area contributed by atoms with E-state index in [2.05, 4.69) is 10.1 Å². The molecule has 4 heteroatoms. The lowest BCUT2D eigenvalue weighted by Crippen LogP contribution is -2.19. The van der Waals surface area contributed by atoms with Gasteiger partial charge in [-0.2, -0.15) is 0 Å². The van der Waals surface area contributed by atoms with Crippen molar-refractivity contribution in [2.45, 2.75) is 27.7 Å². The van der Waals surface area contributed by atoms with Gasteiger partial charge in [0.2, 0.25) is 0 Å². The Kier molecular flexibility index (Phi) is 1.74. The second kappa shape index (κ2) is 2.70. The van der Waals surface area contributed by atoms with Crippen molar-refractivity contribution in [3.8, 4) is 0 Å². The Labute approximate surface area is 81.6 Å². The quantitative estimate of drug-likeness (QED) is 0.681. The first kappa shape index (κ1) is 8.99. The van der Waals surface area contributed by atoms with Crippen molar-refractivity contribution in [3.05, 3.63) is 32.9 Å². The van der Waals surface area contributed by atoms with Crippen molar-refractivity contribution in [3.63, 3.8) is 0 Å². The first-order valence-electron chi connectivity index (χ1n) is 4.57. The molecule has 0 aliphatic carbocycles. The highest BCUT2D eigenvalue weighted by molar-refractivity contribution is 5.49. The standard InChI is InChI=1S/C10H13N3O/c1-5-8(4)12-13-9(5)11-7(3)6(2)10(13)14/h12H,1-4H3. The van der Waals surface area contributed by atoms with E-state index < -0.39 is 0 Å². The van der Waals surface area contributed by atoms with Gasteiger partial charge in [0.15, 0.2) is 5.65 Å². The summed E-state index contributed by atoms with van der Waals surface area (Å²) in [6.45, 7) is 7.55. The smallest absolute Gasteiger partial charge is 0.275 e. The van der Waals surface area contributed by atoms with Crippen LogP contribution in [0.1, 0.15) is 22.5 Å². The summed E-state index contributed by atoms with van der Waals surface area (Å²) in [4.78, 5) is 16.2. The summed E-state index contributed by atoms with van der Waals surface area (Å²) in [5, 5.41) is 3.00. The fourth-order valence-electron chi connectivity index (χ4n) is 1.49. The lowest BCUT2D eigenvalue weighted by atomic mass is 10.2. The van der Waals surface area contributed by atoms with Crippen molar-refractivity contribution in [2.24, 2.45) is 0 Å². The van der Waals surface area contributed by atoms with E-state index in [1.807, 2.05) is 20.8 Å². The maximum absolute atomic E-state index is 11.8. The van der Waals surface area contributed by atoms with Crippen molar-refractivity contribution < 1.29 is 0 Å². The predicted molar refractivity (Wildman–Crippen MR) is 54.8 cm³/mol. The number of hydrogen-bond donors (Lipinski definition) is 1. The first-order valence-corrected chi connectivity index (χ1v) is 4.57. The third-order valence-electron chi connectivity index (χ3n) is 2.73. The van der Waals surface area contributed by atoms with Gasteiger partial charge < -0.3 is 0 Å². The van der Waals surface area contributed by atoms with Gasteiger partial charge in [0.05, 0.1) is 0 Å². The monoisotopic (exact) mass is 191 g/mol. The summed E-state index contributed by atoms with van der Waals surface area (Å²) in [5.74, 6) is 0. The van der Waals surface area contributed by atoms with Gasteiger partial charge in [-0.05, 0) is 27.7 Å². The molecule has 0 fully saturated rings. The summed E-state index contributed by atoms with van der Waals surface area (Å²) < 4.78 is 1.51. The van der Waals surface area contributed by atoms with Crippen LogP contribution in [-0.4, -0.2) is 14.6 Å². The first-order chi connectivity index (χ1) is 6.52. The molecule has 2 rings (SSSR count). The molecule has 0 bridgehead atoms. The van der Waals surface area contributed by atoms with Gasteiger partial charge in [0.1, 0.15) is 0 Å². The Balaban J connectivity index is 3.06. The Morgan fingerprint density at radius 2 is 1.79 bits per heavy atom. The van der Waals surface area contributed by atoms with Crippen LogP contribution in [-0.2, 0) is 0 Å². The van der Waals surface area contributed by atoms with E-state index >= 15 is 0 Å². The molecule has 0 spiro atoms. The maximum atomic E-state index is 11.8. The summed E-state index contributed by atoms with van der Waals surface area (Å²) in [6.07, 6.45) is 0. The third-order valence-corrected chi connectivity index (χ3v) is 2.73. The van der Waals surface area contributed by atoms with Crippen LogP contribution in [0.5, 0.6) is 0 Å². The minimum Gasteiger partial charge on any atom is -0.294 e. The topological polar surface area (TPSA) is 50.2 Å². The number of nitrogens with one attached hydrogen (secondary N) is 1. The predicted octanol–water partition coefficient (Wildman–Crippen LogP) is 1.26. The Morgan fingerprint density at radius 1 is 1.14 bits per heavy atom. The minimum atomic E-state index is -0.0105. The Morgan fingerprint density at radius 3 is 2.43 bits per heavy atom. The van der Waals surface area contributed by atoms with Crippen molar-refractivity contribution in [1.29, 1.82) is 0 Å². The number of aryl methyl sites for hydroxylation is 3.